The van der Waals surface area contributed by atoms with Crippen molar-refractivity contribution < 1.29 is 23.7 Å². The fourth-order valence-corrected chi connectivity index (χ4v) is 2.33. The molecule has 5 nitrogen and oxygen atoms in total. The summed E-state index contributed by atoms with van der Waals surface area (Å²) < 4.78 is 22.7. The Hall–Kier alpha value is -2.21. The molecule has 1 aliphatic heterocycles. The maximum Gasteiger partial charge on any atom is 0.351 e. The van der Waals surface area contributed by atoms with Crippen molar-refractivity contribution >= 4 is 21.9 Å². The number of hydrogen-bond acceptors (Lipinski definition) is 5. The van der Waals surface area contributed by atoms with Gasteiger partial charge in [-0.1, -0.05) is 28.1 Å². The minimum Gasteiger partial charge on any atom is -0.490 e. The molecule has 0 radical (unpaired) electrons. The van der Waals surface area contributed by atoms with Gasteiger partial charge in [0.25, 0.3) is 0 Å². The first-order chi connectivity index (χ1) is 11.2. The summed E-state index contributed by atoms with van der Waals surface area (Å²) in [5, 5.41) is 0. The molecule has 120 valence electrons. The molecule has 0 spiro atoms. The van der Waals surface area contributed by atoms with Crippen LogP contribution in [0.15, 0.2) is 53.0 Å². The topological polar surface area (TPSA) is 54.0 Å². The number of rotatable bonds is 5. The Bertz CT molecular complexity index is 671. The van der Waals surface area contributed by atoms with Crippen LogP contribution in [0.3, 0.4) is 0 Å². The van der Waals surface area contributed by atoms with Gasteiger partial charge in [0.15, 0.2) is 11.5 Å². The highest BCUT2D eigenvalue weighted by molar-refractivity contribution is 9.10. The van der Waals surface area contributed by atoms with Gasteiger partial charge < -0.3 is 18.9 Å². The van der Waals surface area contributed by atoms with E-state index < -0.39 is 12.1 Å². The molecule has 0 aliphatic carbocycles. The first-order valence-electron chi connectivity index (χ1n) is 7.16. The molecule has 0 saturated carbocycles. The van der Waals surface area contributed by atoms with E-state index in [-0.39, 0.29) is 19.8 Å². The van der Waals surface area contributed by atoms with E-state index in [2.05, 4.69) is 15.9 Å². The van der Waals surface area contributed by atoms with Crippen LogP contribution >= 0.6 is 15.9 Å². The van der Waals surface area contributed by atoms with Gasteiger partial charge >= 0.3 is 5.97 Å². The van der Waals surface area contributed by atoms with Crippen LogP contribution in [-0.2, 0) is 9.53 Å². The summed E-state index contributed by atoms with van der Waals surface area (Å²) in [7, 11) is 0. The molecular weight excluding hydrogens is 364 g/mol. The molecule has 0 aromatic heterocycles. The summed E-state index contributed by atoms with van der Waals surface area (Å²) >= 11 is 3.35. The van der Waals surface area contributed by atoms with Crippen molar-refractivity contribution in [2.24, 2.45) is 0 Å². The summed E-state index contributed by atoms with van der Waals surface area (Å²) in [4.78, 5) is 12.0. The number of halogens is 1. The van der Waals surface area contributed by atoms with E-state index in [4.69, 9.17) is 18.9 Å². The van der Waals surface area contributed by atoms with Gasteiger partial charge in [-0.2, -0.15) is 0 Å². The Morgan fingerprint density at radius 1 is 1.09 bits per heavy atom. The number of fused-ring (bicyclic) bond motifs is 1. The Balaban J connectivity index is 1.42. The third kappa shape index (κ3) is 4.16. The maximum absolute atomic E-state index is 12.0. The highest BCUT2D eigenvalue weighted by atomic mass is 79.9. The average Bonchev–Trinajstić information content (AvgIpc) is 2.59. The molecule has 1 atom stereocenters. The Kier molecular flexibility index (Phi) is 5.02. The first kappa shape index (κ1) is 15.7. The molecule has 1 aliphatic rings. The SMILES string of the molecule is O=C(OCCOc1ccc(Br)cc1)[C@H]1COc2ccccc2O1. The fraction of sp³-hybridized carbons (Fsp3) is 0.235. The van der Waals surface area contributed by atoms with Crippen LogP contribution in [0.5, 0.6) is 17.2 Å². The van der Waals surface area contributed by atoms with E-state index in [1.807, 2.05) is 36.4 Å². The summed E-state index contributed by atoms with van der Waals surface area (Å²) in [5.41, 5.74) is 0. The van der Waals surface area contributed by atoms with Crippen molar-refractivity contribution in [1.82, 2.24) is 0 Å². The third-order valence-corrected chi connectivity index (χ3v) is 3.71. The minimum absolute atomic E-state index is 0.142. The van der Waals surface area contributed by atoms with Crippen LogP contribution in [0, 0.1) is 0 Å². The van der Waals surface area contributed by atoms with Gasteiger partial charge in [-0.15, -0.1) is 0 Å². The van der Waals surface area contributed by atoms with Crippen molar-refractivity contribution in [2.75, 3.05) is 19.8 Å². The van der Waals surface area contributed by atoms with E-state index >= 15 is 0 Å². The van der Waals surface area contributed by atoms with E-state index in [0.29, 0.717) is 11.5 Å². The second kappa shape index (κ2) is 7.37. The summed E-state index contributed by atoms with van der Waals surface area (Å²) in [6.07, 6.45) is -0.752. The largest absolute Gasteiger partial charge is 0.490 e. The van der Waals surface area contributed by atoms with Crippen molar-refractivity contribution in [3.05, 3.63) is 53.0 Å². The second-order valence-corrected chi connectivity index (χ2v) is 5.75. The van der Waals surface area contributed by atoms with Crippen LogP contribution in [0.4, 0.5) is 0 Å². The molecule has 0 saturated heterocycles. The predicted octanol–water partition coefficient (Wildman–Crippen LogP) is 3.21. The zero-order chi connectivity index (χ0) is 16.1. The number of esters is 1. The zero-order valence-corrected chi connectivity index (χ0v) is 13.8. The monoisotopic (exact) mass is 378 g/mol. The lowest BCUT2D eigenvalue weighted by atomic mass is 10.2. The molecule has 23 heavy (non-hydrogen) atoms. The number of benzene rings is 2. The lowest BCUT2D eigenvalue weighted by Crippen LogP contribution is -2.38. The second-order valence-electron chi connectivity index (χ2n) is 4.83. The maximum atomic E-state index is 12.0. The molecule has 0 bridgehead atoms. The normalized spacial score (nSPS) is 15.8. The summed E-state index contributed by atoms with van der Waals surface area (Å²) in [5.74, 6) is 1.44. The molecule has 6 heteroatoms. The van der Waals surface area contributed by atoms with Gasteiger partial charge in [0.1, 0.15) is 25.6 Å². The van der Waals surface area contributed by atoms with Gasteiger partial charge in [0.2, 0.25) is 6.10 Å². The van der Waals surface area contributed by atoms with Crippen molar-refractivity contribution in [2.45, 2.75) is 6.10 Å². The van der Waals surface area contributed by atoms with E-state index in [1.165, 1.54) is 0 Å². The minimum atomic E-state index is -0.752. The van der Waals surface area contributed by atoms with Crippen LogP contribution in [-0.4, -0.2) is 31.9 Å². The van der Waals surface area contributed by atoms with Gasteiger partial charge in [0.05, 0.1) is 0 Å². The highest BCUT2D eigenvalue weighted by Crippen LogP contribution is 2.31. The quantitative estimate of drug-likeness (QED) is 0.590. The molecule has 0 amide bonds. The van der Waals surface area contributed by atoms with Gasteiger partial charge in [-0.25, -0.2) is 4.79 Å². The first-order valence-corrected chi connectivity index (χ1v) is 7.95. The van der Waals surface area contributed by atoms with Gasteiger partial charge in [-0.3, -0.25) is 0 Å². The lowest BCUT2D eigenvalue weighted by Gasteiger charge is -2.24. The van der Waals surface area contributed by atoms with Crippen LogP contribution < -0.4 is 14.2 Å². The third-order valence-electron chi connectivity index (χ3n) is 3.18. The molecule has 2 aromatic carbocycles. The summed E-state index contributed by atoms with van der Waals surface area (Å²) in [6, 6.07) is 14.6. The van der Waals surface area contributed by atoms with Crippen molar-refractivity contribution in [3.8, 4) is 17.2 Å². The van der Waals surface area contributed by atoms with Gasteiger partial charge in [-0.05, 0) is 36.4 Å². The number of carbonyl (C=O) groups excluding carboxylic acids is 1. The standard InChI is InChI=1S/C17H15BrO5/c18-12-5-7-13(8-6-12)20-9-10-21-17(19)16-11-22-14-3-1-2-4-15(14)23-16/h1-8,16H,9-11H2/t16-/m1/s1. The lowest BCUT2D eigenvalue weighted by molar-refractivity contribution is -0.155. The molecule has 0 N–H and O–H groups in total. The Morgan fingerprint density at radius 2 is 1.83 bits per heavy atom. The molecule has 0 unspecified atom stereocenters. The summed E-state index contributed by atoms with van der Waals surface area (Å²) in [6.45, 7) is 0.567. The van der Waals surface area contributed by atoms with Crippen LogP contribution in [0.2, 0.25) is 0 Å². The number of para-hydroxylation sites is 2. The highest BCUT2D eigenvalue weighted by Gasteiger charge is 2.28. The molecular formula is C17H15BrO5. The van der Waals surface area contributed by atoms with Gasteiger partial charge in [0, 0.05) is 4.47 Å². The van der Waals surface area contributed by atoms with E-state index in [1.54, 1.807) is 12.1 Å². The predicted molar refractivity (Wildman–Crippen MR) is 86.9 cm³/mol. The van der Waals surface area contributed by atoms with Crippen LogP contribution in [0.1, 0.15) is 0 Å². The average molecular weight is 379 g/mol. The van der Waals surface area contributed by atoms with Crippen molar-refractivity contribution in [1.29, 1.82) is 0 Å². The van der Waals surface area contributed by atoms with Crippen molar-refractivity contribution in [3.63, 3.8) is 0 Å². The van der Waals surface area contributed by atoms with Crippen LogP contribution in [0.25, 0.3) is 0 Å². The number of hydrogen-bond donors (Lipinski definition) is 0. The fourth-order valence-electron chi connectivity index (χ4n) is 2.06. The number of ether oxygens (including phenoxy) is 4. The molecule has 2 aromatic rings. The Morgan fingerprint density at radius 3 is 2.61 bits per heavy atom. The Labute approximate surface area is 142 Å². The van der Waals surface area contributed by atoms with E-state index in [9.17, 15) is 4.79 Å². The van der Waals surface area contributed by atoms with E-state index in [0.717, 1.165) is 10.2 Å². The zero-order valence-electron chi connectivity index (χ0n) is 12.2. The molecule has 0 fully saturated rings. The number of carbonyl (C=O) groups is 1. The smallest absolute Gasteiger partial charge is 0.351 e. The molecule has 3 rings (SSSR count). The molecule has 1 heterocycles.